The molecule has 3 aromatic rings. The van der Waals surface area contributed by atoms with Gasteiger partial charge in [0.15, 0.2) is 0 Å². The summed E-state index contributed by atoms with van der Waals surface area (Å²) in [6, 6.07) is 25.7. The van der Waals surface area contributed by atoms with Gasteiger partial charge in [-0.05, 0) is 68.4 Å². The van der Waals surface area contributed by atoms with Crippen LogP contribution in [0.4, 0.5) is 5.69 Å². The summed E-state index contributed by atoms with van der Waals surface area (Å²) in [6.45, 7) is 5.32. The first-order chi connectivity index (χ1) is 16.6. The highest BCUT2D eigenvalue weighted by Gasteiger charge is 2.53. The predicted molar refractivity (Wildman–Crippen MR) is 140 cm³/mol. The Hall–Kier alpha value is -2.89. The van der Waals surface area contributed by atoms with Crippen LogP contribution in [0.5, 0.6) is 0 Å². The highest BCUT2D eigenvalue weighted by Crippen LogP contribution is 2.40. The van der Waals surface area contributed by atoms with E-state index in [4.69, 9.17) is 0 Å². The normalized spacial score (nSPS) is 18.5. The van der Waals surface area contributed by atoms with E-state index in [1.54, 1.807) is 0 Å². The van der Waals surface area contributed by atoms with Crippen molar-refractivity contribution in [2.24, 2.45) is 0 Å². The van der Waals surface area contributed by atoms with Gasteiger partial charge in [-0.15, -0.1) is 0 Å². The number of fused-ring (bicyclic) bond motifs is 1. The van der Waals surface area contributed by atoms with Gasteiger partial charge in [-0.2, -0.15) is 0 Å². The number of anilines is 1. The minimum absolute atomic E-state index is 0.319. The molecule has 34 heavy (non-hydrogen) atoms. The van der Waals surface area contributed by atoms with Gasteiger partial charge in [0.05, 0.1) is 6.67 Å². The number of carbonyl (C=O) groups excluding carboxylic acids is 1. The number of hydrogen-bond acceptors (Lipinski definition) is 4. The molecule has 0 radical (unpaired) electrons. The molecule has 0 aromatic heterocycles. The summed E-state index contributed by atoms with van der Waals surface area (Å²) in [4.78, 5) is 23.0. The second-order valence-electron chi connectivity index (χ2n) is 10.1. The van der Waals surface area contributed by atoms with Crippen molar-refractivity contribution in [1.82, 2.24) is 14.7 Å². The Bertz CT molecular complexity index is 1120. The average Bonchev–Trinajstić information content (AvgIpc) is 3.12. The number of carbonyl (C=O) groups is 1. The molecule has 0 atom stereocenters. The molecular weight excluding hydrogens is 420 g/mol. The van der Waals surface area contributed by atoms with Crippen LogP contribution < -0.4 is 4.90 Å². The Kier molecular flexibility index (Phi) is 6.57. The molecule has 1 spiro atoms. The monoisotopic (exact) mass is 456 g/mol. The van der Waals surface area contributed by atoms with E-state index < -0.39 is 5.54 Å². The molecule has 2 heterocycles. The minimum atomic E-state index is -0.422. The van der Waals surface area contributed by atoms with Gasteiger partial charge in [0, 0.05) is 31.9 Å². The van der Waals surface area contributed by atoms with Crippen LogP contribution in [0.1, 0.15) is 24.8 Å². The number of piperidine rings is 1. The van der Waals surface area contributed by atoms with Crippen molar-refractivity contribution < 1.29 is 4.79 Å². The summed E-state index contributed by atoms with van der Waals surface area (Å²) >= 11 is 0. The van der Waals surface area contributed by atoms with Crippen LogP contribution in [0.15, 0.2) is 72.8 Å². The van der Waals surface area contributed by atoms with Crippen LogP contribution in [0, 0.1) is 0 Å². The number of amides is 1. The third kappa shape index (κ3) is 4.42. The number of nitrogens with zero attached hydrogens (tertiary/aromatic N) is 4. The van der Waals surface area contributed by atoms with E-state index in [0.29, 0.717) is 12.6 Å². The quantitative estimate of drug-likeness (QED) is 0.526. The van der Waals surface area contributed by atoms with Gasteiger partial charge in [0.25, 0.3) is 0 Å². The van der Waals surface area contributed by atoms with E-state index in [-0.39, 0.29) is 0 Å². The van der Waals surface area contributed by atoms with Crippen LogP contribution in [0.25, 0.3) is 10.8 Å². The third-order valence-corrected chi connectivity index (χ3v) is 7.57. The van der Waals surface area contributed by atoms with Crippen molar-refractivity contribution >= 4 is 22.4 Å². The smallest absolute Gasteiger partial charge is 0.250 e. The van der Waals surface area contributed by atoms with E-state index in [1.165, 1.54) is 16.3 Å². The van der Waals surface area contributed by atoms with E-state index in [2.05, 4.69) is 106 Å². The Morgan fingerprint density at radius 1 is 0.882 bits per heavy atom. The second kappa shape index (κ2) is 9.77. The first kappa shape index (κ1) is 22.9. The Morgan fingerprint density at radius 2 is 1.59 bits per heavy atom. The summed E-state index contributed by atoms with van der Waals surface area (Å²) in [5, 5.41) is 2.63. The van der Waals surface area contributed by atoms with Crippen LogP contribution >= 0.6 is 0 Å². The van der Waals surface area contributed by atoms with Crippen molar-refractivity contribution in [2.45, 2.75) is 31.3 Å². The largest absolute Gasteiger partial charge is 0.339 e. The fourth-order valence-corrected chi connectivity index (χ4v) is 5.70. The number of likely N-dealkylation sites (tertiary alicyclic amines) is 1. The zero-order valence-electron chi connectivity index (χ0n) is 20.5. The first-order valence-corrected chi connectivity index (χ1v) is 12.5. The number of rotatable bonds is 7. The lowest BCUT2D eigenvalue weighted by atomic mass is 9.85. The molecule has 5 nitrogen and oxygen atoms in total. The van der Waals surface area contributed by atoms with E-state index >= 15 is 0 Å². The van der Waals surface area contributed by atoms with Gasteiger partial charge in [0.2, 0.25) is 5.91 Å². The fourth-order valence-electron chi connectivity index (χ4n) is 5.70. The van der Waals surface area contributed by atoms with Crippen LogP contribution in [-0.2, 0) is 11.3 Å². The predicted octanol–water partition coefficient (Wildman–Crippen LogP) is 4.43. The summed E-state index contributed by atoms with van der Waals surface area (Å²) in [5.74, 6) is 0.319. The lowest BCUT2D eigenvalue weighted by Gasteiger charge is -2.43. The molecule has 0 saturated carbocycles. The lowest BCUT2D eigenvalue weighted by molar-refractivity contribution is -0.133. The van der Waals surface area contributed by atoms with Gasteiger partial charge in [-0.3, -0.25) is 9.69 Å². The van der Waals surface area contributed by atoms with Gasteiger partial charge in [0.1, 0.15) is 5.54 Å². The van der Waals surface area contributed by atoms with Crippen molar-refractivity contribution in [2.75, 3.05) is 51.8 Å². The molecule has 5 heteroatoms. The minimum Gasteiger partial charge on any atom is -0.339 e. The van der Waals surface area contributed by atoms with Gasteiger partial charge < -0.3 is 14.7 Å². The lowest BCUT2D eigenvalue weighted by Crippen LogP contribution is -2.56. The van der Waals surface area contributed by atoms with Gasteiger partial charge in [-0.25, -0.2) is 0 Å². The molecule has 5 rings (SSSR count). The van der Waals surface area contributed by atoms with E-state index in [9.17, 15) is 4.79 Å². The maximum atomic E-state index is 13.8. The number of hydrogen-bond donors (Lipinski definition) is 0. The number of benzene rings is 3. The maximum Gasteiger partial charge on any atom is 0.250 e. The zero-order chi connectivity index (χ0) is 23.5. The maximum absolute atomic E-state index is 13.8. The molecule has 0 bridgehead atoms. The van der Waals surface area contributed by atoms with E-state index in [0.717, 1.165) is 57.7 Å². The molecule has 1 amide bonds. The molecular formula is C29H36N4O. The second-order valence-corrected chi connectivity index (χ2v) is 10.1. The zero-order valence-corrected chi connectivity index (χ0v) is 20.5. The standard InChI is InChI=1S/C29H36N4O/c1-30(2)18-9-19-32-23-33(26-13-4-3-5-14-26)29(28(32)34)16-20-31(21-17-29)22-25-12-8-11-24-10-6-7-15-27(24)25/h3-8,10-15H,9,16-23H2,1-2H3. The van der Waals surface area contributed by atoms with Crippen LogP contribution in [0.2, 0.25) is 0 Å². The Labute approximate surface area is 203 Å². The summed E-state index contributed by atoms with van der Waals surface area (Å²) in [5.41, 5.74) is 2.11. The molecule has 2 aliphatic heterocycles. The van der Waals surface area contributed by atoms with Crippen molar-refractivity contribution in [1.29, 1.82) is 0 Å². The molecule has 0 N–H and O–H groups in total. The van der Waals surface area contributed by atoms with Crippen molar-refractivity contribution in [3.63, 3.8) is 0 Å². The van der Waals surface area contributed by atoms with Gasteiger partial charge in [-0.1, -0.05) is 60.7 Å². The van der Waals surface area contributed by atoms with Crippen LogP contribution in [-0.4, -0.2) is 73.1 Å². The molecule has 178 valence electrons. The van der Waals surface area contributed by atoms with Crippen LogP contribution in [0.3, 0.4) is 0 Å². The molecule has 2 aliphatic rings. The van der Waals surface area contributed by atoms with Gasteiger partial charge >= 0.3 is 0 Å². The van der Waals surface area contributed by atoms with Crippen molar-refractivity contribution in [3.05, 3.63) is 78.4 Å². The molecule has 2 saturated heterocycles. The summed E-state index contributed by atoms with van der Waals surface area (Å²) in [7, 11) is 4.18. The molecule has 0 aliphatic carbocycles. The Balaban J connectivity index is 1.33. The molecule has 2 fully saturated rings. The Morgan fingerprint density at radius 3 is 2.35 bits per heavy atom. The SMILES string of the molecule is CN(C)CCCN1CN(c2ccccc2)C2(CCN(Cc3cccc4ccccc34)CC2)C1=O. The first-order valence-electron chi connectivity index (χ1n) is 12.5. The van der Waals surface area contributed by atoms with Crippen molar-refractivity contribution in [3.8, 4) is 0 Å². The highest BCUT2D eigenvalue weighted by atomic mass is 16.2. The summed E-state index contributed by atoms with van der Waals surface area (Å²) < 4.78 is 0. The molecule has 3 aromatic carbocycles. The topological polar surface area (TPSA) is 30.0 Å². The average molecular weight is 457 g/mol. The number of para-hydroxylation sites is 1. The summed E-state index contributed by atoms with van der Waals surface area (Å²) in [6.07, 6.45) is 2.75. The highest BCUT2D eigenvalue weighted by molar-refractivity contribution is 5.93. The molecule has 0 unspecified atom stereocenters. The van der Waals surface area contributed by atoms with E-state index in [1.807, 2.05) is 0 Å². The fraction of sp³-hybridized carbons (Fsp3) is 0.414. The third-order valence-electron chi connectivity index (χ3n) is 7.57.